The molecular formula is C25H20. The molecule has 0 saturated heterocycles. The van der Waals surface area contributed by atoms with E-state index in [1.165, 1.54) is 49.4 Å². The van der Waals surface area contributed by atoms with Gasteiger partial charge in [-0.1, -0.05) is 85.8 Å². The van der Waals surface area contributed by atoms with Gasteiger partial charge in [0.2, 0.25) is 0 Å². The molecule has 0 amide bonds. The Balaban J connectivity index is 1.84. The monoisotopic (exact) mass is 320 g/mol. The second-order valence-corrected chi connectivity index (χ2v) is 6.88. The van der Waals surface area contributed by atoms with Gasteiger partial charge in [-0.15, -0.1) is 0 Å². The van der Waals surface area contributed by atoms with Crippen LogP contribution in [0.1, 0.15) is 29.2 Å². The number of aryl methyl sites for hydroxylation is 1. The number of fused-ring (bicyclic) bond motifs is 4. The molecule has 1 aliphatic carbocycles. The second kappa shape index (κ2) is 5.60. The lowest BCUT2D eigenvalue weighted by molar-refractivity contribution is 1.16. The summed E-state index contributed by atoms with van der Waals surface area (Å²) in [6, 6.07) is 26.7. The molecule has 0 aliphatic heterocycles. The van der Waals surface area contributed by atoms with E-state index in [2.05, 4.69) is 85.8 Å². The van der Waals surface area contributed by atoms with Gasteiger partial charge in [0.1, 0.15) is 0 Å². The van der Waals surface area contributed by atoms with Crippen LogP contribution in [0, 0.1) is 0 Å². The van der Waals surface area contributed by atoms with Crippen LogP contribution in [0.4, 0.5) is 0 Å². The van der Waals surface area contributed by atoms with Crippen molar-refractivity contribution < 1.29 is 0 Å². The van der Waals surface area contributed by atoms with Gasteiger partial charge in [0.05, 0.1) is 0 Å². The van der Waals surface area contributed by atoms with Crippen LogP contribution in [0.2, 0.25) is 0 Å². The lowest BCUT2D eigenvalue weighted by atomic mass is 9.90. The first-order valence-electron chi connectivity index (χ1n) is 9.07. The number of rotatable bonds is 2. The van der Waals surface area contributed by atoms with Gasteiger partial charge in [0.15, 0.2) is 0 Å². The number of hydrogen-bond donors (Lipinski definition) is 0. The molecule has 120 valence electrons. The zero-order valence-corrected chi connectivity index (χ0v) is 14.4. The van der Waals surface area contributed by atoms with Crippen LogP contribution in [-0.4, -0.2) is 0 Å². The molecule has 0 radical (unpaired) electrons. The van der Waals surface area contributed by atoms with Crippen LogP contribution < -0.4 is 0 Å². The van der Waals surface area contributed by atoms with Gasteiger partial charge in [0.25, 0.3) is 0 Å². The first kappa shape index (κ1) is 14.5. The number of allylic oxidation sites excluding steroid dienone is 1. The molecule has 5 rings (SSSR count). The molecule has 0 unspecified atom stereocenters. The normalized spacial score (nSPS) is 13.2. The lowest BCUT2D eigenvalue weighted by Gasteiger charge is -2.14. The van der Waals surface area contributed by atoms with E-state index in [9.17, 15) is 0 Å². The van der Waals surface area contributed by atoms with Crippen LogP contribution in [0.5, 0.6) is 0 Å². The summed E-state index contributed by atoms with van der Waals surface area (Å²) in [7, 11) is 0. The minimum Gasteiger partial charge on any atom is -0.0619 e. The molecule has 0 bridgehead atoms. The molecule has 0 N–H and O–H groups in total. The summed E-state index contributed by atoms with van der Waals surface area (Å²) < 4.78 is 0. The highest BCUT2D eigenvalue weighted by Gasteiger charge is 2.17. The molecule has 4 aromatic rings. The first-order valence-corrected chi connectivity index (χ1v) is 9.07. The maximum atomic E-state index is 2.37. The van der Waals surface area contributed by atoms with Crippen LogP contribution in [-0.2, 0) is 12.8 Å². The van der Waals surface area contributed by atoms with Crippen LogP contribution in [0.15, 0.2) is 72.8 Å². The van der Waals surface area contributed by atoms with Crippen molar-refractivity contribution in [1.82, 2.24) is 0 Å². The topological polar surface area (TPSA) is 0 Å². The summed E-state index contributed by atoms with van der Waals surface area (Å²) in [6.45, 7) is 2.24. The largest absolute Gasteiger partial charge is 0.0619 e. The van der Waals surface area contributed by atoms with Crippen molar-refractivity contribution in [3.8, 4) is 0 Å². The van der Waals surface area contributed by atoms with Gasteiger partial charge in [0, 0.05) is 0 Å². The van der Waals surface area contributed by atoms with Crippen molar-refractivity contribution in [2.24, 2.45) is 0 Å². The van der Waals surface area contributed by atoms with Crippen molar-refractivity contribution in [1.29, 1.82) is 0 Å². The smallest absolute Gasteiger partial charge is 0.00135 e. The van der Waals surface area contributed by atoms with Crippen LogP contribution >= 0.6 is 0 Å². The molecule has 0 saturated carbocycles. The molecule has 0 nitrogen and oxygen atoms in total. The summed E-state index contributed by atoms with van der Waals surface area (Å²) in [4.78, 5) is 0. The Labute approximate surface area is 148 Å². The van der Waals surface area contributed by atoms with Gasteiger partial charge in [-0.3, -0.25) is 0 Å². The Bertz CT molecular complexity index is 1150. The van der Waals surface area contributed by atoms with Gasteiger partial charge >= 0.3 is 0 Å². The molecule has 0 aromatic heterocycles. The Hall–Kier alpha value is -2.86. The summed E-state index contributed by atoms with van der Waals surface area (Å²) >= 11 is 0. The fraction of sp³-hybridized carbons (Fsp3) is 0.120. The standard InChI is InChI=1S/C25H20/c1-2-17-11-13-24(21-15-19-8-3-4-9-20(19)16-21)25-22-10-6-5-7-18(22)12-14-23(17)25/h3-15H,2,16H2,1H3. The lowest BCUT2D eigenvalue weighted by Crippen LogP contribution is -1.92. The third-order valence-corrected chi connectivity index (χ3v) is 5.49. The van der Waals surface area contributed by atoms with Crippen molar-refractivity contribution >= 4 is 33.2 Å². The van der Waals surface area contributed by atoms with E-state index in [0.29, 0.717) is 0 Å². The summed E-state index contributed by atoms with van der Waals surface area (Å²) in [5.41, 5.74) is 7.06. The van der Waals surface area contributed by atoms with E-state index in [1.54, 1.807) is 0 Å². The summed E-state index contributed by atoms with van der Waals surface area (Å²) in [6.07, 6.45) is 4.46. The van der Waals surface area contributed by atoms with Gasteiger partial charge in [-0.05, 0) is 62.2 Å². The van der Waals surface area contributed by atoms with E-state index in [0.717, 1.165) is 12.8 Å². The van der Waals surface area contributed by atoms with E-state index < -0.39 is 0 Å². The SMILES string of the molecule is CCc1ccc(C2=Cc3ccccc3C2)c2c1ccc1ccccc12. The highest BCUT2D eigenvalue weighted by molar-refractivity contribution is 6.14. The van der Waals surface area contributed by atoms with Gasteiger partial charge < -0.3 is 0 Å². The minimum absolute atomic E-state index is 1.03. The number of benzene rings is 4. The Morgan fingerprint density at radius 2 is 1.60 bits per heavy atom. The van der Waals surface area contributed by atoms with Gasteiger partial charge in [-0.2, -0.15) is 0 Å². The third kappa shape index (κ3) is 2.21. The Kier molecular flexibility index (Phi) is 3.24. The maximum absolute atomic E-state index is 2.37. The summed E-state index contributed by atoms with van der Waals surface area (Å²) in [5.74, 6) is 0. The fourth-order valence-electron chi connectivity index (χ4n) is 4.22. The molecule has 0 atom stereocenters. The molecular weight excluding hydrogens is 300 g/mol. The maximum Gasteiger partial charge on any atom is -0.00135 e. The quantitative estimate of drug-likeness (QED) is 0.363. The zero-order chi connectivity index (χ0) is 16.8. The van der Waals surface area contributed by atoms with Gasteiger partial charge in [-0.25, -0.2) is 0 Å². The Morgan fingerprint density at radius 1 is 0.760 bits per heavy atom. The molecule has 25 heavy (non-hydrogen) atoms. The number of hydrogen-bond acceptors (Lipinski definition) is 0. The zero-order valence-electron chi connectivity index (χ0n) is 14.4. The molecule has 4 aromatic carbocycles. The van der Waals surface area contributed by atoms with E-state index >= 15 is 0 Å². The molecule has 1 aliphatic rings. The third-order valence-electron chi connectivity index (χ3n) is 5.49. The predicted octanol–water partition coefficient (Wildman–Crippen LogP) is 6.65. The minimum atomic E-state index is 1.03. The first-order chi connectivity index (χ1) is 12.3. The van der Waals surface area contributed by atoms with Crippen molar-refractivity contribution in [3.63, 3.8) is 0 Å². The summed E-state index contributed by atoms with van der Waals surface area (Å²) in [5, 5.41) is 5.50. The molecule has 0 heterocycles. The van der Waals surface area contributed by atoms with Crippen LogP contribution in [0.3, 0.4) is 0 Å². The van der Waals surface area contributed by atoms with Crippen molar-refractivity contribution in [2.75, 3.05) is 0 Å². The second-order valence-electron chi connectivity index (χ2n) is 6.88. The van der Waals surface area contributed by atoms with E-state index in [-0.39, 0.29) is 0 Å². The van der Waals surface area contributed by atoms with Crippen LogP contribution in [0.25, 0.3) is 33.2 Å². The highest BCUT2D eigenvalue weighted by atomic mass is 14.2. The van der Waals surface area contributed by atoms with Crippen molar-refractivity contribution in [2.45, 2.75) is 19.8 Å². The predicted molar refractivity (Wildman–Crippen MR) is 109 cm³/mol. The molecule has 0 heteroatoms. The Morgan fingerprint density at radius 3 is 2.48 bits per heavy atom. The average molecular weight is 320 g/mol. The van der Waals surface area contributed by atoms with Crippen molar-refractivity contribution in [3.05, 3.63) is 95.1 Å². The van der Waals surface area contributed by atoms with E-state index in [4.69, 9.17) is 0 Å². The average Bonchev–Trinajstić information content (AvgIpc) is 3.10. The fourth-order valence-corrected chi connectivity index (χ4v) is 4.22. The highest BCUT2D eigenvalue weighted by Crippen LogP contribution is 2.39. The molecule has 0 spiro atoms. The molecule has 0 fully saturated rings. The van der Waals surface area contributed by atoms with E-state index in [1.807, 2.05) is 0 Å².